The second-order valence-electron chi connectivity index (χ2n) is 3.43. The van der Waals surface area contributed by atoms with E-state index in [0.29, 0.717) is 18.7 Å². The van der Waals surface area contributed by atoms with Crippen molar-refractivity contribution in [2.45, 2.75) is 44.5 Å². The van der Waals surface area contributed by atoms with Crippen molar-refractivity contribution in [3.05, 3.63) is 0 Å². The zero-order chi connectivity index (χ0) is 13.9. The van der Waals surface area contributed by atoms with Crippen LogP contribution in [0.15, 0.2) is 0 Å². The molecule has 0 aliphatic carbocycles. The van der Waals surface area contributed by atoms with Gasteiger partial charge in [-0.25, -0.2) is 0 Å². The molecule has 0 atom stereocenters. The zero-order valence-electron chi connectivity index (χ0n) is 9.21. The molecule has 0 amide bonds. The van der Waals surface area contributed by atoms with Crippen molar-refractivity contribution in [2.24, 2.45) is 0 Å². The third-order valence-corrected chi connectivity index (χ3v) is 2.90. The normalized spacial score (nSPS) is 13.9. The van der Waals surface area contributed by atoms with Crippen molar-refractivity contribution >= 4 is 16.9 Å². The largest absolute Gasteiger partial charge is 0.371 e. The number of halogens is 6. The third kappa shape index (κ3) is 3.79. The Morgan fingerprint density at radius 2 is 1.53 bits per heavy atom. The standard InChI is InChI=1S/C9H12F6OS/c1-3-7(10,11)9(14,15)8(12,13)4-5-17-6(2)16/h3-5H2,1-2H3. The van der Waals surface area contributed by atoms with Gasteiger partial charge in [0.05, 0.1) is 0 Å². The molecule has 0 bridgehead atoms. The van der Waals surface area contributed by atoms with E-state index in [2.05, 4.69) is 0 Å². The van der Waals surface area contributed by atoms with E-state index in [1.807, 2.05) is 0 Å². The van der Waals surface area contributed by atoms with E-state index in [9.17, 15) is 31.1 Å². The Labute approximate surface area is 98.9 Å². The summed E-state index contributed by atoms with van der Waals surface area (Å²) in [5.74, 6) is -15.6. The van der Waals surface area contributed by atoms with Crippen LogP contribution in [-0.2, 0) is 4.79 Å². The first-order valence-corrected chi connectivity index (χ1v) is 5.73. The fourth-order valence-corrected chi connectivity index (χ4v) is 1.62. The molecule has 8 heteroatoms. The molecule has 0 aromatic heterocycles. The number of thioether (sulfide) groups is 1. The first-order valence-electron chi connectivity index (χ1n) is 4.75. The monoisotopic (exact) mass is 282 g/mol. The number of hydrogen-bond donors (Lipinski definition) is 0. The molecule has 0 saturated heterocycles. The van der Waals surface area contributed by atoms with E-state index < -0.39 is 41.5 Å². The van der Waals surface area contributed by atoms with Gasteiger partial charge in [0.2, 0.25) is 0 Å². The lowest BCUT2D eigenvalue weighted by Crippen LogP contribution is -2.54. The summed E-state index contributed by atoms with van der Waals surface area (Å²) in [7, 11) is 0. The van der Waals surface area contributed by atoms with Crippen LogP contribution in [0.2, 0.25) is 0 Å². The molecule has 0 rings (SSSR count). The first-order chi connectivity index (χ1) is 7.48. The first kappa shape index (κ1) is 16.6. The summed E-state index contributed by atoms with van der Waals surface area (Å²) in [5, 5.41) is -0.536. The van der Waals surface area contributed by atoms with Crippen LogP contribution in [0.3, 0.4) is 0 Å². The van der Waals surface area contributed by atoms with Crippen LogP contribution in [0.4, 0.5) is 26.3 Å². The number of carbonyl (C=O) groups excluding carboxylic acids is 1. The van der Waals surface area contributed by atoms with Gasteiger partial charge in [-0.1, -0.05) is 18.7 Å². The Morgan fingerprint density at radius 3 is 1.88 bits per heavy atom. The lowest BCUT2D eigenvalue weighted by atomic mass is 10.0. The summed E-state index contributed by atoms with van der Waals surface area (Å²) in [6, 6.07) is 0. The van der Waals surface area contributed by atoms with Crippen LogP contribution in [0.1, 0.15) is 26.7 Å². The van der Waals surface area contributed by atoms with Crippen LogP contribution < -0.4 is 0 Å². The van der Waals surface area contributed by atoms with Gasteiger partial charge >= 0.3 is 17.8 Å². The van der Waals surface area contributed by atoms with Gasteiger partial charge < -0.3 is 0 Å². The van der Waals surface area contributed by atoms with Gasteiger partial charge in [-0.15, -0.1) is 0 Å². The minimum atomic E-state index is -5.41. The van der Waals surface area contributed by atoms with Gasteiger partial charge in [-0.2, -0.15) is 26.3 Å². The molecule has 0 N–H and O–H groups in total. The Bertz CT molecular complexity index is 279. The van der Waals surface area contributed by atoms with Gasteiger partial charge in [0, 0.05) is 25.5 Å². The Balaban J connectivity index is 4.73. The molecular weight excluding hydrogens is 270 g/mol. The van der Waals surface area contributed by atoms with Gasteiger partial charge in [0.1, 0.15) is 0 Å². The van der Waals surface area contributed by atoms with E-state index in [4.69, 9.17) is 0 Å². The van der Waals surface area contributed by atoms with E-state index in [-0.39, 0.29) is 0 Å². The molecule has 17 heavy (non-hydrogen) atoms. The van der Waals surface area contributed by atoms with Crippen molar-refractivity contribution in [1.82, 2.24) is 0 Å². The summed E-state index contributed by atoms with van der Waals surface area (Å²) < 4.78 is 77.2. The van der Waals surface area contributed by atoms with Gasteiger partial charge in [-0.3, -0.25) is 4.79 Å². The second kappa shape index (κ2) is 5.49. The second-order valence-corrected chi connectivity index (χ2v) is 4.70. The van der Waals surface area contributed by atoms with Gasteiger partial charge in [0.25, 0.3) is 0 Å². The summed E-state index contributed by atoms with van der Waals surface area (Å²) >= 11 is 0.395. The van der Waals surface area contributed by atoms with Crippen LogP contribution in [0, 0.1) is 0 Å². The molecule has 0 spiro atoms. The Hall–Kier alpha value is -0.400. The average molecular weight is 282 g/mol. The maximum absolute atomic E-state index is 13.0. The maximum Gasteiger partial charge on any atom is 0.371 e. The van der Waals surface area contributed by atoms with E-state index >= 15 is 0 Å². The topological polar surface area (TPSA) is 17.1 Å². The Morgan fingerprint density at radius 1 is 1.06 bits per heavy atom. The molecule has 0 aromatic rings. The van der Waals surface area contributed by atoms with Crippen molar-refractivity contribution in [2.75, 3.05) is 5.75 Å². The predicted octanol–water partition coefficient (Wildman–Crippen LogP) is 3.97. The lowest BCUT2D eigenvalue weighted by Gasteiger charge is -2.32. The average Bonchev–Trinajstić information content (AvgIpc) is 2.16. The third-order valence-electron chi connectivity index (χ3n) is 2.08. The SMILES string of the molecule is CCC(F)(F)C(F)(F)C(F)(F)CCSC(C)=O. The predicted molar refractivity (Wildman–Crippen MR) is 52.9 cm³/mol. The quantitative estimate of drug-likeness (QED) is 0.686. The van der Waals surface area contributed by atoms with E-state index in [1.165, 1.54) is 0 Å². The summed E-state index contributed by atoms with van der Waals surface area (Å²) in [5.41, 5.74) is 0. The van der Waals surface area contributed by atoms with E-state index in [0.717, 1.165) is 6.92 Å². The fraction of sp³-hybridized carbons (Fsp3) is 0.889. The molecule has 0 aromatic carbocycles. The van der Waals surface area contributed by atoms with Gasteiger partial charge in [0.15, 0.2) is 5.12 Å². The van der Waals surface area contributed by atoms with Crippen molar-refractivity contribution in [3.63, 3.8) is 0 Å². The van der Waals surface area contributed by atoms with Crippen LogP contribution in [0.25, 0.3) is 0 Å². The van der Waals surface area contributed by atoms with Crippen LogP contribution in [0.5, 0.6) is 0 Å². The molecule has 0 fully saturated rings. The molecular formula is C9H12F6OS. The van der Waals surface area contributed by atoms with Crippen molar-refractivity contribution in [1.29, 1.82) is 0 Å². The molecule has 0 aliphatic rings. The highest BCUT2D eigenvalue weighted by Crippen LogP contribution is 2.48. The van der Waals surface area contributed by atoms with Crippen molar-refractivity contribution in [3.8, 4) is 0 Å². The number of carbonyl (C=O) groups is 1. The smallest absolute Gasteiger partial charge is 0.288 e. The lowest BCUT2D eigenvalue weighted by molar-refractivity contribution is -0.309. The highest BCUT2D eigenvalue weighted by molar-refractivity contribution is 8.13. The number of alkyl halides is 6. The summed E-state index contributed by atoms with van der Waals surface area (Å²) in [6.07, 6.45) is -2.85. The van der Waals surface area contributed by atoms with Gasteiger partial charge in [-0.05, 0) is 0 Å². The molecule has 0 heterocycles. The van der Waals surface area contributed by atoms with Crippen LogP contribution in [-0.4, -0.2) is 28.6 Å². The minimum Gasteiger partial charge on any atom is -0.288 e. The molecule has 1 nitrogen and oxygen atoms in total. The minimum absolute atomic E-state index is 0.395. The summed E-state index contributed by atoms with van der Waals surface area (Å²) in [4.78, 5) is 10.4. The molecule has 0 unspecified atom stereocenters. The zero-order valence-corrected chi connectivity index (χ0v) is 10.0. The summed E-state index contributed by atoms with van der Waals surface area (Å²) in [6.45, 7) is 1.77. The highest BCUT2D eigenvalue weighted by atomic mass is 32.2. The maximum atomic E-state index is 13.0. The molecule has 0 aliphatic heterocycles. The van der Waals surface area contributed by atoms with Crippen LogP contribution >= 0.6 is 11.8 Å². The van der Waals surface area contributed by atoms with E-state index in [1.54, 1.807) is 0 Å². The number of rotatable bonds is 6. The Kier molecular flexibility index (Phi) is 5.37. The highest BCUT2D eigenvalue weighted by Gasteiger charge is 2.69. The molecule has 102 valence electrons. The molecule has 0 radical (unpaired) electrons. The fourth-order valence-electron chi connectivity index (χ4n) is 0.970. The van der Waals surface area contributed by atoms with Crippen molar-refractivity contribution < 1.29 is 31.1 Å². The molecule has 0 saturated carbocycles. The number of hydrogen-bond acceptors (Lipinski definition) is 2.